The van der Waals surface area contributed by atoms with Gasteiger partial charge in [-0.2, -0.15) is 0 Å². The quantitative estimate of drug-likeness (QED) is 0.595. The zero-order valence-electron chi connectivity index (χ0n) is 10.5. The summed E-state index contributed by atoms with van der Waals surface area (Å²) in [6, 6.07) is 0.685. The van der Waals surface area contributed by atoms with Crippen LogP contribution in [0.25, 0.3) is 0 Å². The molecule has 2 rings (SSSR count). The fraction of sp³-hybridized carbons (Fsp3) is 0.769. The van der Waals surface area contributed by atoms with Crippen LogP contribution in [0.1, 0.15) is 47.0 Å². The van der Waals surface area contributed by atoms with Crippen LogP contribution in [0, 0.1) is 5.92 Å². The minimum absolute atomic E-state index is 0.685. The van der Waals surface area contributed by atoms with Gasteiger partial charge in [-0.25, -0.2) is 4.99 Å². The molecule has 1 fully saturated rings. The third kappa shape index (κ3) is 2.83. The molecule has 2 aliphatic heterocycles. The van der Waals surface area contributed by atoms with Gasteiger partial charge in [0.1, 0.15) is 5.84 Å². The topological polar surface area (TPSA) is 15.6 Å². The van der Waals surface area contributed by atoms with Crippen molar-refractivity contribution in [3.63, 3.8) is 0 Å². The third-order valence-corrected chi connectivity index (χ3v) is 3.34. The van der Waals surface area contributed by atoms with Crippen LogP contribution in [0.3, 0.4) is 0 Å². The molecule has 0 N–H and O–H groups in total. The Labute approximate surface area is 94.1 Å². The summed E-state index contributed by atoms with van der Waals surface area (Å²) in [5, 5.41) is 0. The van der Waals surface area contributed by atoms with Crippen LogP contribution in [0.15, 0.2) is 17.3 Å². The molecule has 2 unspecified atom stereocenters. The van der Waals surface area contributed by atoms with Crippen LogP contribution in [-0.2, 0) is 0 Å². The Morgan fingerprint density at radius 2 is 2.07 bits per heavy atom. The van der Waals surface area contributed by atoms with Gasteiger partial charge in [-0.05, 0) is 25.7 Å². The zero-order valence-corrected chi connectivity index (χ0v) is 10.5. The summed E-state index contributed by atoms with van der Waals surface area (Å²) in [7, 11) is 0. The van der Waals surface area contributed by atoms with Crippen LogP contribution in [0.4, 0.5) is 0 Å². The maximum absolute atomic E-state index is 4.46. The van der Waals surface area contributed by atoms with E-state index in [4.69, 9.17) is 0 Å². The van der Waals surface area contributed by atoms with E-state index < -0.39 is 0 Å². The largest absolute Gasteiger partial charge is 0.357 e. The monoisotopic (exact) mass is 208 g/mol. The van der Waals surface area contributed by atoms with Gasteiger partial charge in [-0.15, -0.1) is 0 Å². The highest BCUT2D eigenvalue weighted by Gasteiger charge is 2.29. The number of allylic oxidation sites excluding steroid dienone is 1. The maximum Gasteiger partial charge on any atom is 0.105 e. The van der Waals surface area contributed by atoms with Crippen molar-refractivity contribution in [3.8, 4) is 0 Å². The lowest BCUT2D eigenvalue weighted by molar-refractivity contribution is 0.363. The molecule has 2 heteroatoms. The van der Waals surface area contributed by atoms with Crippen LogP contribution in [-0.4, -0.2) is 23.3 Å². The van der Waals surface area contributed by atoms with E-state index in [0.717, 1.165) is 18.8 Å². The van der Waals surface area contributed by atoms with Gasteiger partial charge in [0.25, 0.3) is 0 Å². The minimum atomic E-state index is 0.685. The first-order chi connectivity index (χ1) is 7.29. The van der Waals surface area contributed by atoms with Crippen molar-refractivity contribution >= 4 is 5.84 Å². The van der Waals surface area contributed by atoms with Gasteiger partial charge >= 0.3 is 0 Å². The van der Waals surface area contributed by atoms with E-state index >= 15 is 0 Å². The van der Waals surface area contributed by atoms with Gasteiger partial charge in [0.2, 0.25) is 0 Å². The first kappa shape index (κ1) is 12.3. The van der Waals surface area contributed by atoms with Crippen molar-refractivity contribution in [1.82, 2.24) is 4.90 Å². The number of rotatable bonds is 0. The Morgan fingerprint density at radius 1 is 1.33 bits per heavy atom. The van der Waals surface area contributed by atoms with E-state index in [2.05, 4.69) is 29.8 Å². The summed E-state index contributed by atoms with van der Waals surface area (Å²) < 4.78 is 0. The molecule has 86 valence electrons. The number of aliphatic imine (C=N–C) groups is 1. The molecule has 0 saturated carbocycles. The number of amidine groups is 1. The highest BCUT2D eigenvalue weighted by Crippen LogP contribution is 2.25. The number of nitrogens with zero attached hydrogens (tertiary/aromatic N) is 2. The van der Waals surface area contributed by atoms with E-state index in [1.807, 2.05) is 20.0 Å². The highest BCUT2D eigenvalue weighted by atomic mass is 15.2. The van der Waals surface area contributed by atoms with Crippen molar-refractivity contribution in [3.05, 3.63) is 12.3 Å². The molecule has 2 atom stereocenters. The van der Waals surface area contributed by atoms with Gasteiger partial charge in [0.05, 0.1) is 0 Å². The van der Waals surface area contributed by atoms with E-state index in [0.29, 0.717) is 6.04 Å². The second-order valence-corrected chi connectivity index (χ2v) is 4.17. The second-order valence-electron chi connectivity index (χ2n) is 4.17. The smallest absolute Gasteiger partial charge is 0.105 e. The molecule has 0 amide bonds. The fourth-order valence-electron chi connectivity index (χ4n) is 2.17. The molecule has 0 radical (unpaired) electrons. The van der Waals surface area contributed by atoms with Gasteiger partial charge in [0.15, 0.2) is 0 Å². The molecule has 0 aromatic heterocycles. The molecule has 2 nitrogen and oxygen atoms in total. The van der Waals surface area contributed by atoms with Crippen molar-refractivity contribution in [2.24, 2.45) is 10.9 Å². The van der Waals surface area contributed by atoms with Crippen LogP contribution >= 0.6 is 0 Å². The molecule has 0 aliphatic carbocycles. The normalized spacial score (nSPS) is 29.6. The summed E-state index contributed by atoms with van der Waals surface area (Å²) in [6.07, 6.45) is 7.72. The third-order valence-electron chi connectivity index (χ3n) is 3.34. The van der Waals surface area contributed by atoms with E-state index in [9.17, 15) is 0 Å². The van der Waals surface area contributed by atoms with Gasteiger partial charge in [0, 0.05) is 25.2 Å². The molecule has 1 saturated heterocycles. The predicted octanol–water partition coefficient (Wildman–Crippen LogP) is 3.45. The maximum atomic E-state index is 4.46. The lowest BCUT2D eigenvalue weighted by Crippen LogP contribution is -2.35. The van der Waals surface area contributed by atoms with E-state index in [-0.39, 0.29) is 0 Å². The standard InChI is InChI=1S/C11H18N2.C2H6/c1-9-6-8-13(10(9)2)11-5-3-4-7-12-11;1-2/h4,7,9-10H,3,5-6,8H2,1-2H3;1-2H3. The molecule has 0 aromatic rings. The average molecular weight is 208 g/mol. The molecule has 15 heavy (non-hydrogen) atoms. The Balaban J connectivity index is 0.000000531. The molecule has 2 aliphatic rings. The zero-order chi connectivity index (χ0) is 11.3. The average Bonchev–Trinajstić information content (AvgIpc) is 2.64. The van der Waals surface area contributed by atoms with Gasteiger partial charge in [-0.3, -0.25) is 0 Å². The van der Waals surface area contributed by atoms with Crippen LogP contribution < -0.4 is 0 Å². The van der Waals surface area contributed by atoms with E-state index in [1.54, 1.807) is 0 Å². The molecule has 0 aromatic carbocycles. The van der Waals surface area contributed by atoms with Crippen molar-refractivity contribution in [2.75, 3.05) is 6.54 Å². The Bertz CT molecular complexity index is 243. The predicted molar refractivity (Wildman–Crippen MR) is 67.1 cm³/mol. The summed E-state index contributed by atoms with van der Waals surface area (Å²) in [4.78, 5) is 6.94. The summed E-state index contributed by atoms with van der Waals surface area (Å²) in [6.45, 7) is 9.86. The Kier molecular flexibility index (Phi) is 4.86. The number of hydrogen-bond acceptors (Lipinski definition) is 2. The van der Waals surface area contributed by atoms with Crippen LogP contribution in [0.2, 0.25) is 0 Å². The van der Waals surface area contributed by atoms with Crippen molar-refractivity contribution < 1.29 is 0 Å². The van der Waals surface area contributed by atoms with Gasteiger partial charge in [-0.1, -0.05) is 26.8 Å². The molecule has 0 bridgehead atoms. The number of likely N-dealkylation sites (tertiary alicyclic amines) is 1. The molecular formula is C13H24N2. The van der Waals surface area contributed by atoms with Crippen LogP contribution in [0.5, 0.6) is 0 Å². The fourth-order valence-corrected chi connectivity index (χ4v) is 2.17. The summed E-state index contributed by atoms with van der Waals surface area (Å²) >= 11 is 0. The summed E-state index contributed by atoms with van der Waals surface area (Å²) in [5.41, 5.74) is 0. The molecular weight excluding hydrogens is 184 g/mol. The molecule has 2 heterocycles. The van der Waals surface area contributed by atoms with Crippen molar-refractivity contribution in [1.29, 1.82) is 0 Å². The minimum Gasteiger partial charge on any atom is -0.357 e. The highest BCUT2D eigenvalue weighted by molar-refractivity contribution is 5.84. The Morgan fingerprint density at radius 3 is 2.53 bits per heavy atom. The SMILES string of the molecule is CC.CC1CCN(C2=NC=CCC2)C1C. The first-order valence-corrected chi connectivity index (χ1v) is 6.27. The lowest BCUT2D eigenvalue weighted by atomic mass is 10.1. The van der Waals surface area contributed by atoms with E-state index in [1.165, 1.54) is 18.8 Å². The number of hydrogen-bond donors (Lipinski definition) is 0. The lowest BCUT2D eigenvalue weighted by Gasteiger charge is -2.27. The Hall–Kier alpha value is -0.790. The van der Waals surface area contributed by atoms with Crippen molar-refractivity contribution in [2.45, 2.75) is 53.0 Å². The first-order valence-electron chi connectivity index (χ1n) is 6.27. The summed E-state index contributed by atoms with van der Waals surface area (Å²) in [5.74, 6) is 2.13. The second kappa shape index (κ2) is 5.94. The van der Waals surface area contributed by atoms with Gasteiger partial charge < -0.3 is 4.90 Å². The molecule has 0 spiro atoms.